The summed E-state index contributed by atoms with van der Waals surface area (Å²) in [5.74, 6) is -1.12. The van der Waals surface area contributed by atoms with Gasteiger partial charge in [0, 0.05) is 5.56 Å². The van der Waals surface area contributed by atoms with Crippen LogP contribution in [0.15, 0.2) is 48.0 Å². The molecule has 0 spiro atoms. The summed E-state index contributed by atoms with van der Waals surface area (Å²) in [6, 6.07) is 10.8. The number of hydrogen-bond donors (Lipinski definition) is 1. The van der Waals surface area contributed by atoms with Gasteiger partial charge in [0.25, 0.3) is 5.78 Å². The Labute approximate surface area is 274 Å². The second-order valence-electron chi connectivity index (χ2n) is 10.8. The molecule has 1 fully saturated rings. The molecule has 246 valence electrons. The minimum atomic E-state index is -1.08. The first-order valence-corrected chi connectivity index (χ1v) is 16.6. The third-order valence-corrected chi connectivity index (χ3v) is 8.69. The van der Waals surface area contributed by atoms with E-state index in [1.54, 1.807) is 56.3 Å². The molecule has 1 aliphatic rings. The number of ether oxygens (including phenoxy) is 4. The van der Waals surface area contributed by atoms with Crippen LogP contribution in [0.5, 0.6) is 17.2 Å². The lowest BCUT2D eigenvalue weighted by Gasteiger charge is -2.24. The normalized spacial score (nSPS) is 15.7. The maximum atomic E-state index is 13.7. The van der Waals surface area contributed by atoms with Crippen LogP contribution >= 0.6 is 11.3 Å². The quantitative estimate of drug-likeness (QED) is 0.0555. The van der Waals surface area contributed by atoms with Crippen molar-refractivity contribution in [1.29, 1.82) is 0 Å². The van der Waals surface area contributed by atoms with E-state index in [0.29, 0.717) is 47.3 Å². The number of nitrogens with zero attached hydrogens (tertiary/aromatic N) is 2. The Morgan fingerprint density at radius 3 is 2.33 bits per heavy atom. The molecule has 1 atom stereocenters. The molecule has 46 heavy (non-hydrogen) atoms. The summed E-state index contributed by atoms with van der Waals surface area (Å²) < 4.78 is 22.6. The Morgan fingerprint density at radius 1 is 0.935 bits per heavy atom. The topological polar surface area (TPSA) is 124 Å². The largest absolute Gasteiger partial charge is 0.507 e. The highest BCUT2D eigenvalue weighted by Gasteiger charge is 2.48. The number of aliphatic hydroxyl groups excluding tert-OH is 1. The third-order valence-electron chi connectivity index (χ3n) is 7.55. The zero-order valence-electron chi connectivity index (χ0n) is 27.1. The zero-order valence-corrected chi connectivity index (χ0v) is 27.9. The minimum Gasteiger partial charge on any atom is -0.507 e. The Hall–Kier alpha value is -4.38. The van der Waals surface area contributed by atoms with Crippen LogP contribution in [0, 0.1) is 6.92 Å². The number of Topliss-reactive ketones (excluding diaryl/α,β-unsaturated/α-hetero) is 1. The Morgan fingerprint density at radius 2 is 1.65 bits per heavy atom. The minimum absolute atomic E-state index is 0.120. The van der Waals surface area contributed by atoms with Gasteiger partial charge in [0.1, 0.15) is 16.4 Å². The van der Waals surface area contributed by atoms with Gasteiger partial charge in [-0.05, 0) is 68.7 Å². The van der Waals surface area contributed by atoms with Crippen LogP contribution in [-0.4, -0.2) is 54.7 Å². The monoisotopic (exact) mass is 650 g/mol. The second kappa shape index (κ2) is 16.3. The van der Waals surface area contributed by atoms with Crippen LogP contribution in [0.1, 0.15) is 91.8 Å². The first-order chi connectivity index (χ1) is 22.2. The highest BCUT2D eigenvalue weighted by Crippen LogP contribution is 2.45. The second-order valence-corrected chi connectivity index (χ2v) is 11.8. The van der Waals surface area contributed by atoms with Gasteiger partial charge < -0.3 is 24.1 Å². The lowest BCUT2D eigenvalue weighted by atomic mass is 9.95. The van der Waals surface area contributed by atoms with E-state index < -0.39 is 23.7 Å². The van der Waals surface area contributed by atoms with Gasteiger partial charge in [0.15, 0.2) is 16.6 Å². The van der Waals surface area contributed by atoms with E-state index in [9.17, 15) is 19.5 Å². The van der Waals surface area contributed by atoms with Gasteiger partial charge in [-0.2, -0.15) is 0 Å². The van der Waals surface area contributed by atoms with Crippen LogP contribution in [-0.2, 0) is 14.3 Å². The first kappa shape index (κ1) is 34.5. The van der Waals surface area contributed by atoms with Crippen LogP contribution in [0.2, 0.25) is 0 Å². The fourth-order valence-electron chi connectivity index (χ4n) is 5.10. The lowest BCUT2D eigenvalue weighted by Crippen LogP contribution is -2.29. The molecular weight excluding hydrogens is 608 g/mol. The van der Waals surface area contributed by atoms with Crippen molar-refractivity contribution in [3.8, 4) is 17.2 Å². The number of benzene rings is 2. The molecule has 10 nitrogen and oxygen atoms in total. The summed E-state index contributed by atoms with van der Waals surface area (Å²) >= 11 is 0.951. The van der Waals surface area contributed by atoms with E-state index in [1.807, 2.05) is 0 Å². The standard InChI is InChI=1S/C35H42N2O8S/c1-6-9-11-12-20-45-26-18-15-24(21-27(26)42-5)29-28(30(38)23-13-16-25(17-14-23)44-19-10-7-2)31(39)33(40)37(29)35-36-22(4)32(46-35)34(41)43-8-3/h13-18,21,29,38H,6-12,19-20H2,1-5H3. The van der Waals surface area contributed by atoms with Crippen molar-refractivity contribution in [2.24, 2.45) is 0 Å². The lowest BCUT2D eigenvalue weighted by molar-refractivity contribution is -0.132. The van der Waals surface area contributed by atoms with E-state index in [2.05, 4.69) is 18.8 Å². The molecule has 1 aromatic heterocycles. The van der Waals surface area contributed by atoms with E-state index in [1.165, 1.54) is 12.0 Å². The summed E-state index contributed by atoms with van der Waals surface area (Å²) in [5.41, 5.74) is 1.07. The number of esters is 1. The molecule has 4 rings (SSSR count). The molecule has 0 bridgehead atoms. The molecule has 11 heteroatoms. The SMILES string of the molecule is CCCCCCOc1ccc(C2C(=C(O)c3ccc(OCCCC)cc3)C(=O)C(=O)N2c2nc(C)c(C(=O)OCC)s2)cc1OC. The van der Waals surface area contributed by atoms with Gasteiger partial charge >= 0.3 is 11.9 Å². The maximum Gasteiger partial charge on any atom is 0.350 e. The molecule has 1 N–H and O–H groups in total. The van der Waals surface area contributed by atoms with Crippen molar-refractivity contribution in [3.63, 3.8) is 0 Å². The number of carbonyl (C=O) groups is 3. The molecule has 2 heterocycles. The van der Waals surface area contributed by atoms with Crippen molar-refractivity contribution >= 4 is 39.9 Å². The van der Waals surface area contributed by atoms with Gasteiger partial charge in [-0.3, -0.25) is 14.5 Å². The number of aliphatic hydroxyl groups is 1. The Balaban J connectivity index is 1.79. The van der Waals surface area contributed by atoms with Gasteiger partial charge in [-0.15, -0.1) is 0 Å². The highest BCUT2D eigenvalue weighted by molar-refractivity contribution is 7.17. The summed E-state index contributed by atoms with van der Waals surface area (Å²) in [6.45, 7) is 8.81. The number of carbonyl (C=O) groups excluding carboxylic acids is 3. The smallest absolute Gasteiger partial charge is 0.350 e. The molecule has 1 aliphatic heterocycles. The number of anilines is 1. The summed E-state index contributed by atoms with van der Waals surface area (Å²) in [7, 11) is 1.51. The van der Waals surface area contributed by atoms with Crippen molar-refractivity contribution in [3.05, 3.63) is 69.7 Å². The van der Waals surface area contributed by atoms with Crippen molar-refractivity contribution < 1.29 is 38.4 Å². The van der Waals surface area contributed by atoms with Crippen LogP contribution in [0.3, 0.4) is 0 Å². The van der Waals surface area contributed by atoms with Crippen LogP contribution < -0.4 is 19.1 Å². The molecular formula is C35H42N2O8S. The number of rotatable bonds is 16. The number of amides is 1. The number of methoxy groups -OCH3 is 1. The third kappa shape index (κ3) is 7.70. The van der Waals surface area contributed by atoms with Gasteiger partial charge in [-0.25, -0.2) is 9.78 Å². The van der Waals surface area contributed by atoms with Gasteiger partial charge in [-0.1, -0.05) is 56.9 Å². The highest BCUT2D eigenvalue weighted by atomic mass is 32.1. The number of ketones is 1. The fraction of sp³-hybridized carbons (Fsp3) is 0.429. The predicted octanol–water partition coefficient (Wildman–Crippen LogP) is 7.40. The van der Waals surface area contributed by atoms with Crippen molar-refractivity contribution in [1.82, 2.24) is 4.98 Å². The molecule has 0 aliphatic carbocycles. The van der Waals surface area contributed by atoms with E-state index in [-0.39, 0.29) is 27.9 Å². The van der Waals surface area contributed by atoms with Gasteiger partial charge in [0.2, 0.25) is 0 Å². The molecule has 0 radical (unpaired) electrons. The number of unbranched alkanes of at least 4 members (excludes halogenated alkanes) is 4. The number of thiazole rings is 1. The van der Waals surface area contributed by atoms with Crippen molar-refractivity contribution in [2.75, 3.05) is 31.8 Å². The number of aryl methyl sites for hydroxylation is 1. The molecule has 1 amide bonds. The number of aromatic nitrogens is 1. The molecule has 2 aromatic carbocycles. The average molecular weight is 651 g/mol. The Bertz CT molecular complexity index is 1560. The van der Waals surface area contributed by atoms with Crippen LogP contribution in [0.4, 0.5) is 5.13 Å². The van der Waals surface area contributed by atoms with E-state index in [4.69, 9.17) is 18.9 Å². The summed E-state index contributed by atoms with van der Waals surface area (Å²) in [4.78, 5) is 46.0. The molecule has 1 unspecified atom stereocenters. The van der Waals surface area contributed by atoms with Crippen molar-refractivity contribution in [2.45, 2.75) is 72.3 Å². The fourth-order valence-corrected chi connectivity index (χ4v) is 6.09. The Kier molecular flexibility index (Phi) is 12.2. The van der Waals surface area contributed by atoms with E-state index in [0.717, 1.165) is 49.9 Å². The van der Waals surface area contributed by atoms with Crippen LogP contribution in [0.25, 0.3) is 5.76 Å². The predicted molar refractivity (Wildman–Crippen MR) is 177 cm³/mol. The summed E-state index contributed by atoms with van der Waals surface area (Å²) in [5, 5.41) is 11.7. The average Bonchev–Trinajstić information content (AvgIpc) is 3.57. The molecule has 0 saturated carbocycles. The molecule has 3 aromatic rings. The summed E-state index contributed by atoms with van der Waals surface area (Å²) in [6.07, 6.45) is 6.10. The van der Waals surface area contributed by atoms with E-state index >= 15 is 0 Å². The zero-order chi connectivity index (χ0) is 33.2. The maximum absolute atomic E-state index is 13.7. The van der Waals surface area contributed by atoms with Gasteiger partial charge in [0.05, 0.1) is 44.2 Å². The number of hydrogen-bond acceptors (Lipinski definition) is 10. The first-order valence-electron chi connectivity index (χ1n) is 15.7. The molecule has 1 saturated heterocycles.